The van der Waals surface area contributed by atoms with Crippen molar-refractivity contribution >= 4 is 23.4 Å². The number of aryl methyl sites for hydroxylation is 2. The normalized spacial score (nSPS) is 12.2. The van der Waals surface area contributed by atoms with Crippen molar-refractivity contribution in [2.75, 3.05) is 5.32 Å². The van der Waals surface area contributed by atoms with Gasteiger partial charge in [-0.25, -0.2) is 4.98 Å². The number of thioether (sulfide) groups is 1. The predicted octanol–water partition coefficient (Wildman–Crippen LogP) is 4.27. The van der Waals surface area contributed by atoms with E-state index in [0.717, 1.165) is 35.3 Å². The van der Waals surface area contributed by atoms with E-state index < -0.39 is 0 Å². The summed E-state index contributed by atoms with van der Waals surface area (Å²) < 4.78 is 0. The molecule has 0 fully saturated rings. The van der Waals surface area contributed by atoms with Gasteiger partial charge in [0.05, 0.1) is 5.25 Å². The van der Waals surface area contributed by atoms with Crippen molar-refractivity contribution in [3.05, 3.63) is 51.4 Å². The second-order valence-corrected chi connectivity index (χ2v) is 8.06. The molecule has 2 N–H and O–H groups in total. The molecule has 5 nitrogen and oxygen atoms in total. The molecular formula is C20H27N3O2S. The molecule has 1 heterocycles. The molecule has 140 valence electrons. The van der Waals surface area contributed by atoms with Crippen LogP contribution >= 0.6 is 11.8 Å². The van der Waals surface area contributed by atoms with Crippen molar-refractivity contribution < 1.29 is 4.79 Å². The first-order chi connectivity index (χ1) is 12.3. The summed E-state index contributed by atoms with van der Waals surface area (Å²) in [5.41, 5.74) is 3.61. The van der Waals surface area contributed by atoms with Crippen LogP contribution in [-0.2, 0) is 11.2 Å². The van der Waals surface area contributed by atoms with E-state index in [-0.39, 0.29) is 16.7 Å². The van der Waals surface area contributed by atoms with E-state index in [0.29, 0.717) is 11.1 Å². The SMILES string of the molecule is CCCc1cc(=O)[nH]c(SC(C)C(=O)Nc2c(C)cccc2C(C)C)n1. The van der Waals surface area contributed by atoms with Crippen molar-refractivity contribution in [2.24, 2.45) is 0 Å². The van der Waals surface area contributed by atoms with Gasteiger partial charge in [0.2, 0.25) is 5.91 Å². The Labute approximate surface area is 159 Å². The smallest absolute Gasteiger partial charge is 0.251 e. The Balaban J connectivity index is 2.15. The topological polar surface area (TPSA) is 74.8 Å². The van der Waals surface area contributed by atoms with Crippen LogP contribution in [-0.4, -0.2) is 21.1 Å². The highest BCUT2D eigenvalue weighted by atomic mass is 32.2. The molecule has 1 unspecified atom stereocenters. The fraction of sp³-hybridized carbons (Fsp3) is 0.450. The van der Waals surface area contributed by atoms with Crippen LogP contribution in [0.2, 0.25) is 0 Å². The quantitative estimate of drug-likeness (QED) is 0.561. The lowest BCUT2D eigenvalue weighted by molar-refractivity contribution is -0.115. The van der Waals surface area contributed by atoms with Gasteiger partial charge in [-0.05, 0) is 37.3 Å². The van der Waals surface area contributed by atoms with Gasteiger partial charge in [0, 0.05) is 17.4 Å². The second kappa shape index (κ2) is 9.03. The number of hydrogen-bond donors (Lipinski definition) is 2. The standard InChI is InChI=1S/C20H27N3O2S/c1-6-8-15-11-17(24)22-20(21-15)26-14(5)19(25)23-18-13(4)9-7-10-16(18)12(2)3/h7,9-12,14H,6,8H2,1-5H3,(H,23,25)(H,21,22,24). The Bertz CT molecular complexity index is 830. The minimum absolute atomic E-state index is 0.102. The van der Waals surface area contributed by atoms with Crippen molar-refractivity contribution in [3.8, 4) is 0 Å². The van der Waals surface area contributed by atoms with Gasteiger partial charge in [0.25, 0.3) is 5.56 Å². The van der Waals surface area contributed by atoms with Crippen LogP contribution in [0.25, 0.3) is 0 Å². The van der Waals surface area contributed by atoms with Gasteiger partial charge in [0.15, 0.2) is 5.16 Å². The van der Waals surface area contributed by atoms with E-state index in [1.807, 2.05) is 39.0 Å². The highest BCUT2D eigenvalue weighted by Gasteiger charge is 2.19. The van der Waals surface area contributed by atoms with Gasteiger partial charge in [-0.2, -0.15) is 0 Å². The largest absolute Gasteiger partial charge is 0.325 e. The first-order valence-corrected chi connectivity index (χ1v) is 9.87. The van der Waals surface area contributed by atoms with Gasteiger partial charge in [-0.15, -0.1) is 0 Å². The van der Waals surface area contributed by atoms with Gasteiger partial charge in [-0.3, -0.25) is 9.59 Å². The third-order valence-electron chi connectivity index (χ3n) is 4.11. The first-order valence-electron chi connectivity index (χ1n) is 8.99. The highest BCUT2D eigenvalue weighted by molar-refractivity contribution is 8.00. The van der Waals surface area contributed by atoms with Gasteiger partial charge in [-0.1, -0.05) is 57.2 Å². The minimum Gasteiger partial charge on any atom is -0.325 e. The Morgan fingerprint density at radius 1 is 1.31 bits per heavy atom. The van der Waals surface area contributed by atoms with Crippen LogP contribution < -0.4 is 10.9 Å². The molecule has 0 saturated heterocycles. The highest BCUT2D eigenvalue weighted by Crippen LogP contribution is 2.28. The number of anilines is 1. The van der Waals surface area contributed by atoms with Crippen LogP contribution in [0, 0.1) is 6.92 Å². The third kappa shape index (κ3) is 5.21. The zero-order chi connectivity index (χ0) is 19.3. The predicted molar refractivity (Wildman–Crippen MR) is 108 cm³/mol. The molecule has 0 radical (unpaired) electrons. The number of carbonyl (C=O) groups is 1. The molecule has 1 aromatic carbocycles. The van der Waals surface area contributed by atoms with E-state index in [9.17, 15) is 9.59 Å². The fourth-order valence-corrected chi connectivity index (χ4v) is 3.54. The van der Waals surface area contributed by atoms with E-state index in [2.05, 4.69) is 29.1 Å². The first kappa shape index (κ1) is 20.2. The van der Waals surface area contributed by atoms with Crippen molar-refractivity contribution in [1.82, 2.24) is 9.97 Å². The Morgan fingerprint density at radius 2 is 2.04 bits per heavy atom. The number of aromatic nitrogens is 2. The van der Waals surface area contributed by atoms with Gasteiger partial charge >= 0.3 is 0 Å². The molecule has 26 heavy (non-hydrogen) atoms. The van der Waals surface area contributed by atoms with E-state index in [1.54, 1.807) is 0 Å². The number of benzene rings is 1. The number of hydrogen-bond acceptors (Lipinski definition) is 4. The summed E-state index contributed by atoms with van der Waals surface area (Å²) in [7, 11) is 0. The average molecular weight is 374 g/mol. The maximum Gasteiger partial charge on any atom is 0.251 e. The number of H-pyrrole nitrogens is 1. The Hall–Kier alpha value is -2.08. The molecule has 2 rings (SSSR count). The fourth-order valence-electron chi connectivity index (χ4n) is 2.71. The molecule has 6 heteroatoms. The second-order valence-electron chi connectivity index (χ2n) is 6.74. The third-order valence-corrected chi connectivity index (χ3v) is 5.10. The van der Waals surface area contributed by atoms with Crippen LogP contribution in [0.1, 0.15) is 56.9 Å². The number of nitrogens with one attached hydrogen (secondary N) is 2. The maximum absolute atomic E-state index is 12.7. The molecule has 2 aromatic rings. The molecule has 0 saturated carbocycles. The molecule has 0 bridgehead atoms. The summed E-state index contributed by atoms with van der Waals surface area (Å²) in [6, 6.07) is 7.55. The average Bonchev–Trinajstić information content (AvgIpc) is 2.56. The number of para-hydroxylation sites is 1. The van der Waals surface area contributed by atoms with Crippen LogP contribution in [0.3, 0.4) is 0 Å². The van der Waals surface area contributed by atoms with Crippen molar-refractivity contribution in [2.45, 2.75) is 63.8 Å². The number of rotatable bonds is 7. The summed E-state index contributed by atoms with van der Waals surface area (Å²) in [5, 5.41) is 3.16. The lowest BCUT2D eigenvalue weighted by Gasteiger charge is -2.18. The lowest BCUT2D eigenvalue weighted by atomic mass is 9.98. The number of nitrogens with zero attached hydrogens (tertiary/aromatic N) is 1. The van der Waals surface area contributed by atoms with Crippen LogP contribution in [0.5, 0.6) is 0 Å². The van der Waals surface area contributed by atoms with Gasteiger partial charge < -0.3 is 10.3 Å². The molecule has 1 atom stereocenters. The summed E-state index contributed by atoms with van der Waals surface area (Å²) in [4.78, 5) is 31.6. The molecule has 1 amide bonds. The Morgan fingerprint density at radius 3 is 2.69 bits per heavy atom. The summed E-state index contributed by atoms with van der Waals surface area (Å²) >= 11 is 1.27. The lowest BCUT2D eigenvalue weighted by Crippen LogP contribution is -2.24. The summed E-state index contributed by atoms with van der Waals surface area (Å²) in [6.45, 7) is 10.1. The molecular weight excluding hydrogens is 346 g/mol. The maximum atomic E-state index is 12.7. The minimum atomic E-state index is -0.380. The molecule has 0 spiro atoms. The van der Waals surface area contributed by atoms with Crippen LogP contribution in [0.15, 0.2) is 34.2 Å². The summed E-state index contributed by atoms with van der Waals surface area (Å²) in [6.07, 6.45) is 1.67. The zero-order valence-corrected chi connectivity index (χ0v) is 16.9. The van der Waals surface area contributed by atoms with Crippen LogP contribution in [0.4, 0.5) is 5.69 Å². The van der Waals surface area contributed by atoms with Crippen molar-refractivity contribution in [3.63, 3.8) is 0 Å². The van der Waals surface area contributed by atoms with E-state index >= 15 is 0 Å². The van der Waals surface area contributed by atoms with Crippen molar-refractivity contribution in [1.29, 1.82) is 0 Å². The number of amides is 1. The molecule has 0 aliphatic heterocycles. The number of aromatic amines is 1. The molecule has 0 aliphatic carbocycles. The number of carbonyl (C=O) groups excluding carboxylic acids is 1. The van der Waals surface area contributed by atoms with Gasteiger partial charge in [0.1, 0.15) is 0 Å². The van der Waals surface area contributed by atoms with E-state index in [4.69, 9.17) is 0 Å². The molecule has 0 aliphatic rings. The Kier molecular flexibility index (Phi) is 7.03. The summed E-state index contributed by atoms with van der Waals surface area (Å²) in [5.74, 6) is 0.214. The monoisotopic (exact) mass is 373 g/mol. The molecule has 1 aromatic heterocycles. The zero-order valence-electron chi connectivity index (χ0n) is 16.1. The van der Waals surface area contributed by atoms with E-state index in [1.165, 1.54) is 17.8 Å².